The summed E-state index contributed by atoms with van der Waals surface area (Å²) >= 11 is -2.21. The van der Waals surface area contributed by atoms with Crippen molar-refractivity contribution in [1.82, 2.24) is 3.64 Å². The lowest BCUT2D eigenvalue weighted by Crippen LogP contribution is -2.17. The van der Waals surface area contributed by atoms with Crippen LogP contribution in [-0.4, -0.2) is 33.2 Å². The summed E-state index contributed by atoms with van der Waals surface area (Å²) < 4.78 is 19.8. The lowest BCUT2D eigenvalue weighted by molar-refractivity contribution is 0.519. The molecule has 1 unspecified atom stereocenters. The van der Waals surface area contributed by atoms with E-state index < -0.39 is 11.3 Å². The Balaban J connectivity index is 3.26. The molecular weight excluding hydrogens is 134 g/mol. The van der Waals surface area contributed by atoms with Crippen LogP contribution >= 0.6 is 0 Å². The van der Waals surface area contributed by atoms with Gasteiger partial charge in [-0.1, -0.05) is 0 Å². The van der Waals surface area contributed by atoms with Crippen molar-refractivity contribution < 1.29 is 8.76 Å². The third-order valence-electron chi connectivity index (χ3n) is 0.149. The molecule has 32 valence electrons. The monoisotopic (exact) mass is 134 g/mol. The highest BCUT2D eigenvalue weighted by molar-refractivity contribution is 7.78. The first-order valence-corrected chi connectivity index (χ1v) is 2.89. The lowest BCUT2D eigenvalue weighted by Gasteiger charge is -2.10. The second-order valence-corrected chi connectivity index (χ2v) is 3.30. The van der Waals surface area contributed by atoms with Crippen molar-refractivity contribution in [2.24, 2.45) is 0 Å². The van der Waals surface area contributed by atoms with Gasteiger partial charge in [0.1, 0.15) is 20.8 Å². The third-order valence-corrected chi connectivity index (χ3v) is 1.34. The van der Waals surface area contributed by atoms with Gasteiger partial charge in [0.2, 0.25) is 0 Å². The SMILES string of the molecule is O=S([O-])N([Si])[Si]. The summed E-state index contributed by atoms with van der Waals surface area (Å²) in [5.74, 6) is 0. The zero-order chi connectivity index (χ0) is 5.15. The van der Waals surface area contributed by atoms with E-state index in [0.717, 1.165) is 0 Å². The minimum Gasteiger partial charge on any atom is -0.761 e. The maximum absolute atomic E-state index is 9.53. The van der Waals surface area contributed by atoms with Crippen LogP contribution < -0.4 is 0 Å². The maximum Gasteiger partial charge on any atom is 0.149 e. The molecule has 0 rings (SSSR count). The van der Waals surface area contributed by atoms with E-state index in [2.05, 4.69) is 20.8 Å². The molecule has 0 heterocycles. The Hall–Kier alpha value is 0.504. The molecule has 0 aliphatic carbocycles. The summed E-state index contributed by atoms with van der Waals surface area (Å²) in [5, 5.41) is 0. The highest BCUT2D eigenvalue weighted by atomic mass is 32.2. The van der Waals surface area contributed by atoms with Gasteiger partial charge in [-0.15, -0.1) is 0 Å². The second-order valence-electron chi connectivity index (χ2n) is 0.511. The van der Waals surface area contributed by atoms with E-state index in [1.165, 1.54) is 0 Å². The van der Waals surface area contributed by atoms with E-state index in [-0.39, 0.29) is 0 Å². The first kappa shape index (κ1) is 6.50. The van der Waals surface area contributed by atoms with Crippen LogP contribution in [0.2, 0.25) is 0 Å². The van der Waals surface area contributed by atoms with Crippen molar-refractivity contribution in [3.05, 3.63) is 0 Å². The molecule has 0 saturated heterocycles. The molecule has 0 N–H and O–H groups in total. The van der Waals surface area contributed by atoms with Gasteiger partial charge in [-0.3, -0.25) is 7.85 Å². The van der Waals surface area contributed by atoms with Crippen LogP contribution in [0.4, 0.5) is 0 Å². The van der Waals surface area contributed by atoms with Crippen LogP contribution in [0, 0.1) is 0 Å². The number of hydrogen-bond donors (Lipinski definition) is 0. The van der Waals surface area contributed by atoms with Crippen LogP contribution in [0.5, 0.6) is 0 Å². The third kappa shape index (κ3) is 2.73. The van der Waals surface area contributed by atoms with Gasteiger partial charge >= 0.3 is 0 Å². The fraction of sp³-hybridized carbons (Fsp3) is 0. The predicted octanol–water partition coefficient (Wildman–Crippen LogP) is -1.75. The van der Waals surface area contributed by atoms with Gasteiger partial charge in [0.25, 0.3) is 0 Å². The minimum atomic E-state index is -2.21. The van der Waals surface area contributed by atoms with Crippen LogP contribution in [0.1, 0.15) is 0 Å². The first-order valence-electron chi connectivity index (χ1n) is 0.963. The number of rotatable bonds is 1. The van der Waals surface area contributed by atoms with Crippen molar-refractivity contribution in [2.45, 2.75) is 0 Å². The molecule has 6 heavy (non-hydrogen) atoms. The van der Waals surface area contributed by atoms with Crippen molar-refractivity contribution in [3.63, 3.8) is 0 Å². The van der Waals surface area contributed by atoms with Gasteiger partial charge in [-0.05, 0) is 0 Å². The van der Waals surface area contributed by atoms with E-state index in [1.807, 2.05) is 0 Å². The Morgan fingerprint density at radius 1 is 1.67 bits per heavy atom. The Bertz CT molecular complexity index is 62.6. The van der Waals surface area contributed by atoms with Crippen molar-refractivity contribution in [3.8, 4) is 0 Å². The topological polar surface area (TPSA) is 43.4 Å². The van der Waals surface area contributed by atoms with Gasteiger partial charge in [-0.25, -0.2) is 0 Å². The molecule has 6 radical (unpaired) electrons. The van der Waals surface area contributed by atoms with E-state index in [4.69, 9.17) is 0 Å². The van der Waals surface area contributed by atoms with Gasteiger partial charge < -0.3 is 4.55 Å². The largest absolute Gasteiger partial charge is 0.761 e. The molecule has 0 spiro atoms. The zero-order valence-corrected chi connectivity index (χ0v) is 5.49. The molecular formula is NO2SSi2-. The molecule has 0 aromatic heterocycles. The molecule has 6 heteroatoms. The second kappa shape index (κ2) is 2.64. The highest BCUT2D eigenvalue weighted by Gasteiger charge is 1.80. The zero-order valence-electron chi connectivity index (χ0n) is 2.67. The molecule has 0 fully saturated rings. The average molecular weight is 134 g/mol. The Labute approximate surface area is 45.1 Å². The summed E-state index contributed by atoms with van der Waals surface area (Å²) in [7, 11) is 5.23. The fourth-order valence-corrected chi connectivity index (χ4v) is 0. The minimum absolute atomic E-state index is 0.694. The molecule has 0 amide bonds. The quantitative estimate of drug-likeness (QED) is 0.315. The summed E-state index contributed by atoms with van der Waals surface area (Å²) in [6, 6.07) is 0. The van der Waals surface area contributed by atoms with Crippen molar-refractivity contribution in [2.75, 3.05) is 0 Å². The molecule has 0 bridgehead atoms. The van der Waals surface area contributed by atoms with Gasteiger partial charge in [0, 0.05) is 11.3 Å². The molecule has 1 atom stereocenters. The van der Waals surface area contributed by atoms with Crippen LogP contribution in [0.3, 0.4) is 0 Å². The molecule has 3 nitrogen and oxygen atoms in total. The first-order chi connectivity index (χ1) is 2.64. The van der Waals surface area contributed by atoms with Gasteiger partial charge in [0.15, 0.2) is 0 Å². The van der Waals surface area contributed by atoms with E-state index >= 15 is 0 Å². The van der Waals surface area contributed by atoms with Gasteiger partial charge in [-0.2, -0.15) is 0 Å². The molecule has 0 aromatic rings. The van der Waals surface area contributed by atoms with E-state index in [9.17, 15) is 8.76 Å². The normalized spacial score (nSPS) is 15.3. The van der Waals surface area contributed by atoms with Crippen LogP contribution in [-0.2, 0) is 11.3 Å². The van der Waals surface area contributed by atoms with Gasteiger partial charge in [0.05, 0.1) is 0 Å². The summed E-state index contributed by atoms with van der Waals surface area (Å²) in [4.78, 5) is 0. The van der Waals surface area contributed by atoms with E-state index in [1.54, 1.807) is 0 Å². The lowest BCUT2D eigenvalue weighted by atomic mass is 13.8. The predicted molar refractivity (Wildman–Crippen MR) is 22.3 cm³/mol. The van der Waals surface area contributed by atoms with Crippen molar-refractivity contribution in [1.29, 1.82) is 0 Å². The molecule has 0 saturated carbocycles. The van der Waals surface area contributed by atoms with Crippen LogP contribution in [0.15, 0.2) is 0 Å². The number of hydrogen-bond acceptors (Lipinski definition) is 2. The smallest absolute Gasteiger partial charge is 0.149 e. The Kier molecular flexibility index (Phi) is 2.86. The summed E-state index contributed by atoms with van der Waals surface area (Å²) in [6.07, 6.45) is 0. The molecule has 0 aliphatic rings. The Morgan fingerprint density at radius 2 is 1.83 bits per heavy atom. The van der Waals surface area contributed by atoms with Crippen LogP contribution in [0.25, 0.3) is 0 Å². The summed E-state index contributed by atoms with van der Waals surface area (Å²) in [6.45, 7) is 0. The highest BCUT2D eigenvalue weighted by Crippen LogP contribution is 1.69. The van der Waals surface area contributed by atoms with Crippen molar-refractivity contribution >= 4 is 32.1 Å². The molecule has 0 aromatic carbocycles. The van der Waals surface area contributed by atoms with E-state index in [0.29, 0.717) is 3.64 Å². The number of nitrogens with zero attached hydrogens (tertiary/aromatic N) is 1. The molecule has 0 aliphatic heterocycles. The Morgan fingerprint density at radius 3 is 1.83 bits per heavy atom. The maximum atomic E-state index is 9.53. The average Bonchev–Trinajstić information content (AvgIpc) is 1.36. The fourth-order valence-electron chi connectivity index (χ4n) is 0. The standard InChI is InChI=1S/HNO2SSi2/c2-4(3)1(5)6/h(H,2,3)/p-1. The summed E-state index contributed by atoms with van der Waals surface area (Å²) in [5.41, 5.74) is 0.